The van der Waals surface area contributed by atoms with Crippen LogP contribution in [0.25, 0.3) is 11.4 Å². The smallest absolute Gasteiger partial charge is 0.165 e. The summed E-state index contributed by atoms with van der Waals surface area (Å²) in [7, 11) is 0. The molecule has 1 aromatic carbocycles. The molecule has 0 bridgehead atoms. The second-order valence-corrected chi connectivity index (χ2v) is 4.80. The lowest BCUT2D eigenvalue weighted by Crippen LogP contribution is -2.08. The molecule has 4 nitrogen and oxygen atoms in total. The summed E-state index contributed by atoms with van der Waals surface area (Å²) in [6, 6.07) is 5.59. The number of rotatable bonds is 3. The molecule has 17 heavy (non-hydrogen) atoms. The molecule has 0 spiro atoms. The summed E-state index contributed by atoms with van der Waals surface area (Å²) in [5, 5.41) is 8.92. The lowest BCUT2D eigenvalue weighted by Gasteiger charge is -2.08. The second-order valence-electron chi connectivity index (χ2n) is 3.51. The highest BCUT2D eigenvalue weighted by Crippen LogP contribution is 2.30. The van der Waals surface area contributed by atoms with Gasteiger partial charge >= 0.3 is 0 Å². The van der Waals surface area contributed by atoms with Gasteiger partial charge in [0, 0.05) is 21.6 Å². The van der Waals surface area contributed by atoms with Crippen LogP contribution in [0.3, 0.4) is 0 Å². The molecular weight excluding hydrogens is 304 g/mol. The Kier molecular flexibility index (Phi) is 3.81. The molecule has 0 unspecified atom stereocenters. The van der Waals surface area contributed by atoms with Gasteiger partial charge in [-0.2, -0.15) is 0 Å². The van der Waals surface area contributed by atoms with Crippen molar-refractivity contribution in [2.24, 2.45) is 5.73 Å². The number of aromatic nitrogens is 3. The van der Waals surface area contributed by atoms with Gasteiger partial charge in [-0.05, 0) is 25.1 Å². The molecule has 0 saturated heterocycles. The van der Waals surface area contributed by atoms with Crippen LogP contribution in [-0.2, 0) is 13.1 Å². The Hall–Kier alpha value is -0.910. The van der Waals surface area contributed by atoms with Gasteiger partial charge < -0.3 is 10.3 Å². The van der Waals surface area contributed by atoms with Gasteiger partial charge in [0.15, 0.2) is 5.82 Å². The largest absolute Gasteiger partial charge is 0.324 e. The van der Waals surface area contributed by atoms with Gasteiger partial charge in [-0.1, -0.05) is 27.5 Å². The highest BCUT2D eigenvalue weighted by Gasteiger charge is 2.14. The standard InChI is InChI=1S/C11H12BrClN4/c1-2-17-10(6-14)15-16-11(17)8-5-7(13)3-4-9(8)12/h3-5H,2,6,14H2,1H3. The van der Waals surface area contributed by atoms with Crippen molar-refractivity contribution in [3.8, 4) is 11.4 Å². The lowest BCUT2D eigenvalue weighted by atomic mass is 10.2. The molecule has 0 aliphatic heterocycles. The maximum atomic E-state index is 6.00. The van der Waals surface area contributed by atoms with Crippen LogP contribution in [0.2, 0.25) is 5.02 Å². The molecule has 1 heterocycles. The Morgan fingerprint density at radius 1 is 1.41 bits per heavy atom. The van der Waals surface area contributed by atoms with Crippen molar-refractivity contribution < 1.29 is 0 Å². The van der Waals surface area contributed by atoms with Crippen molar-refractivity contribution in [3.05, 3.63) is 33.5 Å². The van der Waals surface area contributed by atoms with E-state index in [0.29, 0.717) is 11.6 Å². The maximum Gasteiger partial charge on any atom is 0.165 e. The lowest BCUT2D eigenvalue weighted by molar-refractivity contribution is 0.704. The second kappa shape index (κ2) is 5.16. The molecule has 6 heteroatoms. The predicted octanol–water partition coefficient (Wildman–Crippen LogP) is 2.84. The molecule has 0 amide bonds. The van der Waals surface area contributed by atoms with Crippen molar-refractivity contribution in [1.29, 1.82) is 0 Å². The molecule has 0 atom stereocenters. The summed E-state index contributed by atoms with van der Waals surface area (Å²) >= 11 is 9.49. The Morgan fingerprint density at radius 3 is 2.82 bits per heavy atom. The maximum absolute atomic E-state index is 6.00. The Labute approximate surface area is 113 Å². The number of hydrogen-bond acceptors (Lipinski definition) is 3. The fourth-order valence-corrected chi connectivity index (χ4v) is 2.28. The van der Waals surface area contributed by atoms with E-state index in [9.17, 15) is 0 Å². The number of nitrogens with zero attached hydrogens (tertiary/aromatic N) is 3. The zero-order chi connectivity index (χ0) is 12.4. The summed E-state index contributed by atoms with van der Waals surface area (Å²) in [6.45, 7) is 3.18. The molecule has 0 aliphatic carbocycles. The first-order valence-corrected chi connectivity index (χ1v) is 6.42. The zero-order valence-corrected chi connectivity index (χ0v) is 11.7. The van der Waals surface area contributed by atoms with Crippen LogP contribution in [0.15, 0.2) is 22.7 Å². The normalized spacial score (nSPS) is 10.8. The monoisotopic (exact) mass is 314 g/mol. The number of halogens is 2. The van der Waals surface area contributed by atoms with Crippen LogP contribution in [0, 0.1) is 0 Å². The number of nitrogens with two attached hydrogens (primary N) is 1. The first-order valence-electron chi connectivity index (χ1n) is 5.25. The molecular formula is C11H12BrClN4. The average molecular weight is 316 g/mol. The van der Waals surface area contributed by atoms with Crippen molar-refractivity contribution in [2.75, 3.05) is 0 Å². The van der Waals surface area contributed by atoms with E-state index in [4.69, 9.17) is 17.3 Å². The SMILES string of the molecule is CCn1c(CN)nnc1-c1cc(Cl)ccc1Br. The van der Waals surface area contributed by atoms with Gasteiger partial charge in [-0.15, -0.1) is 10.2 Å². The average Bonchev–Trinajstić information content (AvgIpc) is 2.74. The van der Waals surface area contributed by atoms with Gasteiger partial charge in [0.1, 0.15) is 5.82 Å². The summed E-state index contributed by atoms with van der Waals surface area (Å²) in [6.07, 6.45) is 0. The quantitative estimate of drug-likeness (QED) is 0.947. The topological polar surface area (TPSA) is 56.7 Å². The fraction of sp³-hybridized carbons (Fsp3) is 0.273. The third-order valence-corrected chi connectivity index (χ3v) is 3.42. The Morgan fingerprint density at radius 2 is 2.18 bits per heavy atom. The fourth-order valence-electron chi connectivity index (χ4n) is 1.69. The van der Waals surface area contributed by atoms with Gasteiger partial charge in [0.25, 0.3) is 0 Å². The third kappa shape index (κ3) is 2.36. The molecule has 1 aromatic heterocycles. The van der Waals surface area contributed by atoms with Gasteiger partial charge in [0.2, 0.25) is 0 Å². The minimum atomic E-state index is 0.374. The van der Waals surface area contributed by atoms with Crippen molar-refractivity contribution >= 4 is 27.5 Å². The molecule has 2 N–H and O–H groups in total. The van der Waals surface area contributed by atoms with E-state index in [-0.39, 0.29) is 0 Å². The van der Waals surface area contributed by atoms with Crippen molar-refractivity contribution in [2.45, 2.75) is 20.0 Å². The van der Waals surface area contributed by atoms with Gasteiger partial charge in [-0.25, -0.2) is 0 Å². The minimum absolute atomic E-state index is 0.374. The molecule has 0 fully saturated rings. The van der Waals surface area contributed by atoms with E-state index in [1.165, 1.54) is 0 Å². The highest BCUT2D eigenvalue weighted by molar-refractivity contribution is 9.10. The number of hydrogen-bond donors (Lipinski definition) is 1. The summed E-state index contributed by atoms with van der Waals surface area (Å²) in [4.78, 5) is 0. The van der Waals surface area contributed by atoms with Crippen LogP contribution in [-0.4, -0.2) is 14.8 Å². The molecule has 0 saturated carbocycles. The van der Waals surface area contributed by atoms with Gasteiger partial charge in [0.05, 0.1) is 6.54 Å². The van der Waals surface area contributed by atoms with Crippen LogP contribution in [0.5, 0.6) is 0 Å². The Bertz CT molecular complexity index is 538. The molecule has 2 aromatic rings. The summed E-state index contributed by atoms with van der Waals surface area (Å²) < 4.78 is 2.92. The van der Waals surface area contributed by atoms with E-state index in [1.54, 1.807) is 0 Å². The van der Waals surface area contributed by atoms with Crippen LogP contribution in [0.1, 0.15) is 12.7 Å². The van der Waals surface area contributed by atoms with Crippen molar-refractivity contribution in [1.82, 2.24) is 14.8 Å². The highest BCUT2D eigenvalue weighted by atomic mass is 79.9. The van der Waals surface area contributed by atoms with Crippen molar-refractivity contribution in [3.63, 3.8) is 0 Å². The minimum Gasteiger partial charge on any atom is -0.324 e. The van der Waals surface area contributed by atoms with E-state index in [2.05, 4.69) is 26.1 Å². The third-order valence-electron chi connectivity index (χ3n) is 2.50. The van der Waals surface area contributed by atoms with E-state index in [0.717, 1.165) is 28.2 Å². The van der Waals surface area contributed by atoms with Gasteiger partial charge in [-0.3, -0.25) is 0 Å². The van der Waals surface area contributed by atoms with Crippen LogP contribution < -0.4 is 5.73 Å². The number of benzene rings is 1. The molecule has 2 rings (SSSR count). The molecule has 90 valence electrons. The van der Waals surface area contributed by atoms with E-state index in [1.807, 2.05) is 29.7 Å². The zero-order valence-electron chi connectivity index (χ0n) is 9.32. The first kappa shape index (κ1) is 12.5. The predicted molar refractivity (Wildman–Crippen MR) is 71.7 cm³/mol. The summed E-state index contributed by atoms with van der Waals surface area (Å²) in [5.41, 5.74) is 6.55. The van der Waals surface area contributed by atoms with Crippen LogP contribution >= 0.6 is 27.5 Å². The van der Waals surface area contributed by atoms with Crippen LogP contribution in [0.4, 0.5) is 0 Å². The van der Waals surface area contributed by atoms with E-state index >= 15 is 0 Å². The Balaban J connectivity index is 2.59. The molecule has 0 radical (unpaired) electrons. The molecule has 0 aliphatic rings. The first-order chi connectivity index (χ1) is 8.17. The summed E-state index contributed by atoms with van der Waals surface area (Å²) in [5.74, 6) is 1.55. The van der Waals surface area contributed by atoms with E-state index < -0.39 is 0 Å².